The first kappa shape index (κ1) is 16.7. The molecule has 1 aliphatic rings. The van der Waals surface area contributed by atoms with Crippen molar-refractivity contribution < 1.29 is 19.5 Å². The minimum absolute atomic E-state index is 0.00442. The van der Waals surface area contributed by atoms with Crippen LogP contribution >= 0.6 is 0 Å². The minimum atomic E-state index is -0.377. The van der Waals surface area contributed by atoms with Crippen LogP contribution in [0.3, 0.4) is 0 Å². The quantitative estimate of drug-likeness (QED) is 0.661. The van der Waals surface area contributed by atoms with Crippen molar-refractivity contribution >= 4 is 23.4 Å². The number of rotatable bonds is 4. The monoisotopic (exact) mass is 338 g/mol. The first-order valence-electron chi connectivity index (χ1n) is 7.98. The van der Waals surface area contributed by atoms with Crippen LogP contribution in [-0.4, -0.2) is 34.3 Å². The average Bonchev–Trinajstić information content (AvgIpc) is 2.57. The largest absolute Gasteiger partial charge is 0.506 e. The van der Waals surface area contributed by atoms with Crippen LogP contribution in [-0.2, 0) is 16.0 Å². The molecule has 6 nitrogen and oxygen atoms in total. The topological polar surface area (TPSA) is 86.7 Å². The van der Waals surface area contributed by atoms with E-state index in [4.69, 9.17) is 0 Å². The molecule has 0 fully saturated rings. The van der Waals surface area contributed by atoms with Gasteiger partial charge in [0.2, 0.25) is 11.8 Å². The van der Waals surface area contributed by atoms with Crippen molar-refractivity contribution in [1.82, 2.24) is 4.90 Å². The fourth-order valence-corrected chi connectivity index (χ4v) is 2.80. The number of nitrogens with zero attached hydrogens (tertiary/aromatic N) is 1. The molecule has 3 rings (SSSR count). The lowest BCUT2D eigenvalue weighted by Gasteiger charge is -2.26. The summed E-state index contributed by atoms with van der Waals surface area (Å²) >= 11 is 0. The fraction of sp³-hybridized carbons (Fsp3) is 0.211. The van der Waals surface area contributed by atoms with Crippen molar-refractivity contribution in [2.45, 2.75) is 19.8 Å². The summed E-state index contributed by atoms with van der Waals surface area (Å²) in [6.07, 6.45) is 0.120. The van der Waals surface area contributed by atoms with Gasteiger partial charge in [0.15, 0.2) is 0 Å². The van der Waals surface area contributed by atoms with E-state index in [9.17, 15) is 19.5 Å². The standard InChI is InChI=1S/C19H18N2O4/c1-12-6-7-15(16(22)10-12)20-17(23)8-9-21-18(24)11-13-4-2-3-5-14(13)19(21)25/h2-7,10,22H,8-9,11H2,1H3,(H,20,23). The highest BCUT2D eigenvalue weighted by atomic mass is 16.3. The van der Waals surface area contributed by atoms with Crippen LogP contribution in [0.15, 0.2) is 42.5 Å². The molecule has 2 aromatic rings. The predicted molar refractivity (Wildman–Crippen MR) is 92.3 cm³/mol. The number of carbonyl (C=O) groups excluding carboxylic acids is 3. The van der Waals surface area contributed by atoms with Crippen molar-refractivity contribution in [3.8, 4) is 5.75 Å². The van der Waals surface area contributed by atoms with Gasteiger partial charge in [0.25, 0.3) is 5.91 Å². The number of carbonyl (C=O) groups is 3. The molecule has 0 spiro atoms. The number of imide groups is 1. The zero-order valence-corrected chi connectivity index (χ0v) is 13.8. The molecule has 0 atom stereocenters. The van der Waals surface area contributed by atoms with Crippen LogP contribution in [0, 0.1) is 6.92 Å². The van der Waals surface area contributed by atoms with Crippen LogP contribution in [0.5, 0.6) is 5.75 Å². The lowest BCUT2D eigenvalue weighted by atomic mass is 9.98. The molecule has 0 aromatic heterocycles. The van der Waals surface area contributed by atoms with E-state index in [-0.39, 0.29) is 42.9 Å². The zero-order chi connectivity index (χ0) is 18.0. The van der Waals surface area contributed by atoms with Gasteiger partial charge in [-0.05, 0) is 36.2 Å². The van der Waals surface area contributed by atoms with Crippen molar-refractivity contribution in [2.24, 2.45) is 0 Å². The molecule has 0 aliphatic carbocycles. The van der Waals surface area contributed by atoms with Gasteiger partial charge >= 0.3 is 0 Å². The second kappa shape index (κ2) is 6.76. The summed E-state index contributed by atoms with van der Waals surface area (Å²) in [5.74, 6) is -1.08. The highest BCUT2D eigenvalue weighted by Gasteiger charge is 2.30. The van der Waals surface area contributed by atoms with E-state index in [1.54, 1.807) is 42.5 Å². The van der Waals surface area contributed by atoms with Crippen LogP contribution < -0.4 is 5.32 Å². The predicted octanol–water partition coefficient (Wildman–Crippen LogP) is 2.25. The Morgan fingerprint density at radius 1 is 1.20 bits per heavy atom. The number of phenols is 1. The number of aromatic hydroxyl groups is 1. The summed E-state index contributed by atoms with van der Waals surface area (Å²) < 4.78 is 0. The Balaban J connectivity index is 1.64. The number of amides is 3. The van der Waals surface area contributed by atoms with E-state index in [1.807, 2.05) is 6.92 Å². The van der Waals surface area contributed by atoms with E-state index in [1.165, 1.54) is 0 Å². The second-order valence-corrected chi connectivity index (χ2v) is 6.00. The Kier molecular flexibility index (Phi) is 4.52. The molecule has 1 aliphatic heterocycles. The number of anilines is 1. The number of phenolic OH excluding ortho intramolecular Hbond substituents is 1. The lowest BCUT2D eigenvalue weighted by molar-refractivity contribution is -0.128. The van der Waals surface area contributed by atoms with Gasteiger partial charge in [-0.3, -0.25) is 19.3 Å². The first-order chi connectivity index (χ1) is 12.0. The van der Waals surface area contributed by atoms with Crippen LogP contribution in [0.2, 0.25) is 0 Å². The van der Waals surface area contributed by atoms with Crippen molar-refractivity contribution in [3.63, 3.8) is 0 Å². The maximum absolute atomic E-state index is 12.4. The first-order valence-corrected chi connectivity index (χ1v) is 7.98. The molecule has 0 unspecified atom stereocenters. The Bertz CT molecular complexity index is 860. The molecule has 128 valence electrons. The van der Waals surface area contributed by atoms with Gasteiger partial charge in [0.1, 0.15) is 5.75 Å². The van der Waals surface area contributed by atoms with Gasteiger partial charge in [-0.1, -0.05) is 24.3 Å². The summed E-state index contributed by atoms with van der Waals surface area (Å²) in [5.41, 5.74) is 2.39. The Labute approximate surface area is 145 Å². The van der Waals surface area contributed by atoms with Gasteiger partial charge in [0.05, 0.1) is 12.1 Å². The minimum Gasteiger partial charge on any atom is -0.506 e. The highest BCUT2D eigenvalue weighted by Crippen LogP contribution is 2.24. The Morgan fingerprint density at radius 2 is 1.96 bits per heavy atom. The van der Waals surface area contributed by atoms with Gasteiger partial charge in [-0.15, -0.1) is 0 Å². The van der Waals surface area contributed by atoms with Crippen molar-refractivity contribution in [1.29, 1.82) is 0 Å². The molecule has 0 bridgehead atoms. The molecule has 0 saturated heterocycles. The highest BCUT2D eigenvalue weighted by molar-refractivity contribution is 6.10. The number of fused-ring (bicyclic) bond motifs is 1. The van der Waals surface area contributed by atoms with Gasteiger partial charge in [0, 0.05) is 18.5 Å². The SMILES string of the molecule is Cc1ccc(NC(=O)CCN2C(=O)Cc3ccccc3C2=O)c(O)c1. The maximum Gasteiger partial charge on any atom is 0.260 e. The van der Waals surface area contributed by atoms with Gasteiger partial charge in [-0.25, -0.2) is 0 Å². The maximum atomic E-state index is 12.4. The third-order valence-electron chi connectivity index (χ3n) is 4.13. The van der Waals surface area contributed by atoms with Crippen molar-refractivity contribution in [2.75, 3.05) is 11.9 Å². The summed E-state index contributed by atoms with van der Waals surface area (Å²) in [6, 6.07) is 11.9. The molecular formula is C19H18N2O4. The molecule has 2 N–H and O–H groups in total. The molecular weight excluding hydrogens is 320 g/mol. The molecule has 3 amide bonds. The third-order valence-corrected chi connectivity index (χ3v) is 4.13. The number of hydrogen-bond donors (Lipinski definition) is 2. The summed E-state index contributed by atoms with van der Waals surface area (Å²) in [5, 5.41) is 12.4. The van der Waals surface area contributed by atoms with Gasteiger partial charge < -0.3 is 10.4 Å². The number of hydrogen-bond acceptors (Lipinski definition) is 4. The number of aryl methyl sites for hydroxylation is 1. The van der Waals surface area contributed by atoms with E-state index in [2.05, 4.69) is 5.32 Å². The molecule has 1 heterocycles. The fourth-order valence-electron chi connectivity index (χ4n) is 2.80. The van der Waals surface area contributed by atoms with Gasteiger partial charge in [-0.2, -0.15) is 0 Å². The summed E-state index contributed by atoms with van der Waals surface area (Å²) in [6.45, 7) is 1.83. The van der Waals surface area contributed by atoms with Crippen molar-refractivity contribution in [3.05, 3.63) is 59.2 Å². The zero-order valence-electron chi connectivity index (χ0n) is 13.8. The molecule has 25 heavy (non-hydrogen) atoms. The van der Waals surface area contributed by atoms with E-state index >= 15 is 0 Å². The third kappa shape index (κ3) is 3.52. The van der Waals surface area contributed by atoms with Crippen LogP contribution in [0.25, 0.3) is 0 Å². The average molecular weight is 338 g/mol. The van der Waals surface area contributed by atoms with Crippen LogP contribution in [0.1, 0.15) is 27.9 Å². The normalized spacial score (nSPS) is 13.6. The lowest BCUT2D eigenvalue weighted by Crippen LogP contribution is -2.43. The molecule has 0 saturated carbocycles. The summed E-state index contributed by atoms with van der Waals surface area (Å²) in [7, 11) is 0. The van der Waals surface area contributed by atoms with E-state index in [0.717, 1.165) is 10.5 Å². The summed E-state index contributed by atoms with van der Waals surface area (Å²) in [4.78, 5) is 37.8. The Hall–Kier alpha value is -3.15. The number of benzene rings is 2. The molecule has 6 heteroatoms. The smallest absolute Gasteiger partial charge is 0.260 e. The molecule has 2 aromatic carbocycles. The van der Waals surface area contributed by atoms with Crippen LogP contribution in [0.4, 0.5) is 5.69 Å². The van der Waals surface area contributed by atoms with E-state index in [0.29, 0.717) is 16.8 Å². The second-order valence-electron chi connectivity index (χ2n) is 6.00. The Morgan fingerprint density at radius 3 is 2.72 bits per heavy atom. The molecule has 0 radical (unpaired) electrons. The number of nitrogens with one attached hydrogen (secondary N) is 1. The van der Waals surface area contributed by atoms with E-state index < -0.39 is 0 Å².